The molecule has 0 saturated carbocycles. The first-order chi connectivity index (χ1) is 6.83. The molecule has 1 atom stereocenters. The number of carbonyl (C=O) groups is 1. The lowest BCUT2D eigenvalue weighted by atomic mass is 10.0. The van der Waals surface area contributed by atoms with Crippen LogP contribution in [0.1, 0.15) is 39.0 Å². The SMILES string of the molecule is CCCCCC1=C2COC[C@H]2CC1=O. The number of Topliss-reactive ketones (excluding diaryl/α,β-unsaturated/α-hetero) is 1. The van der Waals surface area contributed by atoms with Crippen molar-refractivity contribution in [2.75, 3.05) is 13.2 Å². The van der Waals surface area contributed by atoms with Crippen LogP contribution in [-0.2, 0) is 9.53 Å². The van der Waals surface area contributed by atoms with Crippen molar-refractivity contribution >= 4 is 5.78 Å². The fourth-order valence-corrected chi connectivity index (χ4v) is 2.42. The van der Waals surface area contributed by atoms with Gasteiger partial charge in [-0.3, -0.25) is 4.79 Å². The second-order valence-corrected chi connectivity index (χ2v) is 4.30. The van der Waals surface area contributed by atoms with E-state index in [1.54, 1.807) is 0 Å². The lowest BCUT2D eigenvalue weighted by Gasteiger charge is -2.02. The Morgan fingerprint density at radius 3 is 3.07 bits per heavy atom. The predicted octanol–water partition coefficient (Wildman–Crippen LogP) is 2.48. The van der Waals surface area contributed by atoms with E-state index >= 15 is 0 Å². The van der Waals surface area contributed by atoms with E-state index in [-0.39, 0.29) is 0 Å². The molecule has 0 amide bonds. The summed E-state index contributed by atoms with van der Waals surface area (Å²) in [6.45, 7) is 3.69. The summed E-state index contributed by atoms with van der Waals surface area (Å²) >= 11 is 0. The van der Waals surface area contributed by atoms with Gasteiger partial charge in [-0.15, -0.1) is 0 Å². The molecule has 2 aliphatic rings. The van der Waals surface area contributed by atoms with Crippen LogP contribution in [0.25, 0.3) is 0 Å². The monoisotopic (exact) mass is 194 g/mol. The van der Waals surface area contributed by atoms with E-state index in [0.717, 1.165) is 38.0 Å². The molecule has 0 bridgehead atoms. The van der Waals surface area contributed by atoms with Crippen molar-refractivity contribution in [1.29, 1.82) is 0 Å². The van der Waals surface area contributed by atoms with E-state index in [1.165, 1.54) is 18.4 Å². The van der Waals surface area contributed by atoms with Gasteiger partial charge in [-0.25, -0.2) is 0 Å². The number of ketones is 1. The average molecular weight is 194 g/mol. The molecule has 1 saturated heterocycles. The molecular weight excluding hydrogens is 176 g/mol. The average Bonchev–Trinajstić information content (AvgIpc) is 2.69. The summed E-state index contributed by atoms with van der Waals surface area (Å²) in [5, 5.41) is 0. The van der Waals surface area contributed by atoms with Crippen molar-refractivity contribution in [3.05, 3.63) is 11.1 Å². The number of hydrogen-bond donors (Lipinski definition) is 0. The van der Waals surface area contributed by atoms with Crippen molar-refractivity contribution in [1.82, 2.24) is 0 Å². The van der Waals surface area contributed by atoms with E-state index in [2.05, 4.69) is 6.92 Å². The molecule has 0 unspecified atom stereocenters. The van der Waals surface area contributed by atoms with Gasteiger partial charge in [-0.1, -0.05) is 19.8 Å². The highest BCUT2D eigenvalue weighted by molar-refractivity contribution is 5.99. The Morgan fingerprint density at radius 1 is 1.43 bits per heavy atom. The summed E-state index contributed by atoms with van der Waals surface area (Å²) in [6.07, 6.45) is 5.32. The minimum atomic E-state index is 0.393. The van der Waals surface area contributed by atoms with Crippen LogP contribution in [0.3, 0.4) is 0 Å². The number of fused-ring (bicyclic) bond motifs is 1. The van der Waals surface area contributed by atoms with Crippen molar-refractivity contribution in [3.8, 4) is 0 Å². The summed E-state index contributed by atoms with van der Waals surface area (Å²) in [5.41, 5.74) is 2.44. The highest BCUT2D eigenvalue weighted by atomic mass is 16.5. The van der Waals surface area contributed by atoms with Gasteiger partial charge in [-0.2, -0.15) is 0 Å². The van der Waals surface area contributed by atoms with E-state index in [4.69, 9.17) is 4.74 Å². The minimum Gasteiger partial charge on any atom is -0.376 e. The fourth-order valence-electron chi connectivity index (χ4n) is 2.42. The van der Waals surface area contributed by atoms with Crippen LogP contribution >= 0.6 is 0 Å². The van der Waals surface area contributed by atoms with Gasteiger partial charge in [0.05, 0.1) is 13.2 Å². The normalized spacial score (nSPS) is 26.1. The Hall–Kier alpha value is -0.630. The van der Waals surface area contributed by atoms with Crippen molar-refractivity contribution in [3.63, 3.8) is 0 Å². The molecule has 0 aromatic heterocycles. The Balaban J connectivity index is 2.00. The van der Waals surface area contributed by atoms with Gasteiger partial charge in [0.25, 0.3) is 0 Å². The quantitative estimate of drug-likeness (QED) is 0.643. The molecular formula is C12H18O2. The first-order valence-corrected chi connectivity index (χ1v) is 5.65. The van der Waals surface area contributed by atoms with E-state index < -0.39 is 0 Å². The summed E-state index contributed by atoms with van der Waals surface area (Å²) < 4.78 is 5.39. The molecule has 2 heteroatoms. The third kappa shape index (κ3) is 1.76. The highest BCUT2D eigenvalue weighted by Gasteiger charge is 2.35. The molecule has 2 rings (SSSR count). The fraction of sp³-hybridized carbons (Fsp3) is 0.750. The molecule has 0 aromatic carbocycles. The molecule has 1 fully saturated rings. The molecule has 78 valence electrons. The van der Waals surface area contributed by atoms with Crippen LogP contribution in [0.2, 0.25) is 0 Å². The molecule has 0 radical (unpaired) electrons. The molecule has 14 heavy (non-hydrogen) atoms. The summed E-state index contributed by atoms with van der Waals surface area (Å²) in [5.74, 6) is 0.837. The number of unbranched alkanes of at least 4 members (excludes halogenated alkanes) is 2. The van der Waals surface area contributed by atoms with Crippen molar-refractivity contribution in [2.45, 2.75) is 39.0 Å². The molecule has 2 nitrogen and oxygen atoms in total. The highest BCUT2D eigenvalue weighted by Crippen LogP contribution is 2.36. The van der Waals surface area contributed by atoms with Crippen LogP contribution in [0, 0.1) is 5.92 Å². The maximum absolute atomic E-state index is 11.7. The minimum absolute atomic E-state index is 0.393. The van der Waals surface area contributed by atoms with E-state index in [0.29, 0.717) is 11.7 Å². The molecule has 0 aromatic rings. The van der Waals surface area contributed by atoms with Gasteiger partial charge in [0.2, 0.25) is 0 Å². The third-order valence-corrected chi connectivity index (χ3v) is 3.26. The lowest BCUT2D eigenvalue weighted by molar-refractivity contribution is -0.115. The first-order valence-electron chi connectivity index (χ1n) is 5.65. The summed E-state index contributed by atoms with van der Waals surface area (Å²) in [4.78, 5) is 11.7. The molecule has 0 N–H and O–H groups in total. The van der Waals surface area contributed by atoms with Gasteiger partial charge >= 0.3 is 0 Å². The maximum atomic E-state index is 11.7. The van der Waals surface area contributed by atoms with Gasteiger partial charge < -0.3 is 4.74 Å². The number of carbonyl (C=O) groups excluding carboxylic acids is 1. The number of allylic oxidation sites excluding steroid dienone is 1. The van der Waals surface area contributed by atoms with Crippen LogP contribution in [0.4, 0.5) is 0 Å². The molecule has 1 aliphatic heterocycles. The predicted molar refractivity (Wildman–Crippen MR) is 55.1 cm³/mol. The first kappa shape index (κ1) is 9.91. The third-order valence-electron chi connectivity index (χ3n) is 3.26. The van der Waals surface area contributed by atoms with Crippen LogP contribution < -0.4 is 0 Å². The van der Waals surface area contributed by atoms with Crippen LogP contribution in [0.15, 0.2) is 11.1 Å². The second-order valence-electron chi connectivity index (χ2n) is 4.30. The Labute approximate surface area is 85.3 Å². The van der Waals surface area contributed by atoms with Crippen molar-refractivity contribution in [2.24, 2.45) is 5.92 Å². The lowest BCUT2D eigenvalue weighted by Crippen LogP contribution is -2.01. The van der Waals surface area contributed by atoms with Crippen LogP contribution in [0.5, 0.6) is 0 Å². The van der Waals surface area contributed by atoms with Gasteiger partial charge in [0.15, 0.2) is 5.78 Å². The van der Waals surface area contributed by atoms with Crippen LogP contribution in [-0.4, -0.2) is 19.0 Å². The van der Waals surface area contributed by atoms with E-state index in [1.807, 2.05) is 0 Å². The van der Waals surface area contributed by atoms with Crippen molar-refractivity contribution < 1.29 is 9.53 Å². The van der Waals surface area contributed by atoms with Gasteiger partial charge in [-0.05, 0) is 24.0 Å². The Bertz CT molecular complexity index is 265. The molecule has 1 heterocycles. The zero-order valence-corrected chi connectivity index (χ0v) is 8.84. The summed E-state index contributed by atoms with van der Waals surface area (Å²) in [7, 11) is 0. The number of ether oxygens (including phenoxy) is 1. The van der Waals surface area contributed by atoms with E-state index in [9.17, 15) is 4.79 Å². The molecule has 1 aliphatic carbocycles. The largest absolute Gasteiger partial charge is 0.376 e. The zero-order valence-electron chi connectivity index (χ0n) is 8.84. The van der Waals surface area contributed by atoms with Gasteiger partial charge in [0.1, 0.15) is 0 Å². The maximum Gasteiger partial charge on any atom is 0.159 e. The topological polar surface area (TPSA) is 26.3 Å². The standard InChI is InChI=1S/C12H18O2/c1-2-3-4-5-10-11-8-14-7-9(11)6-12(10)13/h9H,2-8H2,1H3/t9-/m1/s1. The zero-order chi connectivity index (χ0) is 9.97. The second kappa shape index (κ2) is 4.26. The Morgan fingerprint density at radius 2 is 2.29 bits per heavy atom. The molecule has 0 spiro atoms. The number of hydrogen-bond acceptors (Lipinski definition) is 2. The smallest absolute Gasteiger partial charge is 0.159 e. The van der Waals surface area contributed by atoms with Gasteiger partial charge in [0, 0.05) is 12.3 Å². The number of rotatable bonds is 4. The Kier molecular flexibility index (Phi) is 3.02. The summed E-state index contributed by atoms with van der Waals surface area (Å²) in [6, 6.07) is 0.